The number of aromatic nitrogens is 1. The SMILES string of the molecule is CCC(CC)/C(O)=C/C(=O)C(C)(CC)CC.Cc1[c-]c(-c2nccc3cc(CC(C)(C)C)ccc23)cc(C)c1.[Ir]. The smallest absolute Gasteiger partial charge is 0.164 e. The number of carbonyl (C=O) groups is 1. The van der Waals surface area contributed by atoms with Crippen LogP contribution in [-0.2, 0) is 31.3 Å². The molecule has 1 aromatic heterocycles. The Morgan fingerprint density at radius 1 is 0.975 bits per heavy atom. The van der Waals surface area contributed by atoms with Gasteiger partial charge in [-0.1, -0.05) is 87.4 Å². The molecule has 0 aliphatic carbocycles. The van der Waals surface area contributed by atoms with Crippen LogP contribution in [-0.4, -0.2) is 15.9 Å². The molecule has 0 bridgehead atoms. The summed E-state index contributed by atoms with van der Waals surface area (Å²) in [6.45, 7) is 21.1. The van der Waals surface area contributed by atoms with Crippen molar-refractivity contribution in [2.24, 2.45) is 16.7 Å². The molecule has 0 aliphatic rings. The van der Waals surface area contributed by atoms with Gasteiger partial charge in [-0.25, -0.2) is 0 Å². The fourth-order valence-corrected chi connectivity index (χ4v) is 4.92. The molecule has 0 atom stereocenters. The molecular formula is C36H50IrNO2-. The molecule has 3 nitrogen and oxygen atoms in total. The van der Waals surface area contributed by atoms with Crippen molar-refractivity contribution in [3.05, 3.63) is 77.2 Å². The van der Waals surface area contributed by atoms with Crippen LogP contribution in [0.3, 0.4) is 0 Å². The number of benzene rings is 2. The van der Waals surface area contributed by atoms with Crippen molar-refractivity contribution in [1.29, 1.82) is 0 Å². The Labute approximate surface area is 257 Å². The summed E-state index contributed by atoms with van der Waals surface area (Å²) < 4.78 is 0. The fraction of sp³-hybridized carbons (Fsp3) is 0.500. The van der Waals surface area contributed by atoms with Crippen molar-refractivity contribution < 1.29 is 30.0 Å². The Balaban J connectivity index is 0.000000419. The molecule has 0 spiro atoms. The largest absolute Gasteiger partial charge is 0.512 e. The third-order valence-electron chi connectivity index (χ3n) is 7.80. The standard InChI is InChI=1S/C22H24N.C14H26O2.Ir/c1-15-10-16(2)12-19(11-15)21-20-7-6-17(14-22(3,4)5)13-18(20)8-9-23-21;1-6-11(7-2)12(15)10-13(16)14(5,8-3)9-4;/h6-11,13H,14H2,1-5H3;10-11,15H,6-9H2,1-5H3;/q-1;;/b;12-10-;. The maximum atomic E-state index is 12.0. The molecule has 1 heterocycles. The van der Waals surface area contributed by atoms with Gasteiger partial charge < -0.3 is 10.1 Å². The summed E-state index contributed by atoms with van der Waals surface area (Å²) in [5.41, 5.74) is 5.87. The Bertz CT molecular complexity index is 1260. The van der Waals surface area contributed by atoms with Gasteiger partial charge >= 0.3 is 0 Å². The maximum Gasteiger partial charge on any atom is 0.164 e. The molecule has 0 saturated heterocycles. The number of pyridine rings is 1. The molecule has 40 heavy (non-hydrogen) atoms. The summed E-state index contributed by atoms with van der Waals surface area (Å²) in [6, 6.07) is 16.6. The van der Waals surface area contributed by atoms with Gasteiger partial charge in [0.15, 0.2) is 5.78 Å². The van der Waals surface area contributed by atoms with Crippen LogP contribution in [0.15, 0.2) is 54.4 Å². The summed E-state index contributed by atoms with van der Waals surface area (Å²) in [6.07, 6.45) is 7.82. The molecular weight excluding hydrogens is 671 g/mol. The summed E-state index contributed by atoms with van der Waals surface area (Å²) in [7, 11) is 0. The van der Waals surface area contributed by atoms with Crippen LogP contribution in [0.5, 0.6) is 0 Å². The first-order chi connectivity index (χ1) is 18.3. The summed E-state index contributed by atoms with van der Waals surface area (Å²) >= 11 is 0. The van der Waals surface area contributed by atoms with Crippen LogP contribution in [0.4, 0.5) is 0 Å². The maximum absolute atomic E-state index is 12.0. The minimum absolute atomic E-state index is 0. The third-order valence-corrected chi connectivity index (χ3v) is 7.80. The van der Waals surface area contributed by atoms with E-state index in [1.54, 1.807) is 0 Å². The van der Waals surface area contributed by atoms with E-state index in [-0.39, 0.29) is 43.0 Å². The molecule has 221 valence electrons. The van der Waals surface area contributed by atoms with Gasteiger partial charge in [0, 0.05) is 43.7 Å². The average Bonchev–Trinajstić information content (AvgIpc) is 2.87. The zero-order valence-electron chi connectivity index (χ0n) is 26.4. The van der Waals surface area contributed by atoms with E-state index in [4.69, 9.17) is 0 Å². The van der Waals surface area contributed by atoms with E-state index in [1.165, 1.54) is 28.0 Å². The number of aryl methyl sites for hydroxylation is 2. The first-order valence-corrected chi connectivity index (χ1v) is 14.6. The molecule has 0 fully saturated rings. The second kappa shape index (κ2) is 15.6. The summed E-state index contributed by atoms with van der Waals surface area (Å²) in [5.74, 6) is 0.437. The normalized spacial score (nSPS) is 12.1. The van der Waals surface area contributed by atoms with Gasteiger partial charge in [-0.2, -0.15) is 0 Å². The molecule has 4 heteroatoms. The van der Waals surface area contributed by atoms with Crippen LogP contribution in [0.25, 0.3) is 22.0 Å². The van der Waals surface area contributed by atoms with Crippen LogP contribution in [0.1, 0.15) is 97.8 Å². The first-order valence-electron chi connectivity index (χ1n) is 14.6. The van der Waals surface area contributed by atoms with Gasteiger partial charge in [-0.15, -0.1) is 34.9 Å². The number of aliphatic hydroxyl groups excluding tert-OH is 1. The zero-order chi connectivity index (χ0) is 29.4. The third kappa shape index (κ3) is 9.96. The Hall–Kier alpha value is -2.29. The van der Waals surface area contributed by atoms with E-state index in [0.717, 1.165) is 48.9 Å². The number of nitrogens with zero attached hydrogens (tertiary/aromatic N) is 1. The summed E-state index contributed by atoms with van der Waals surface area (Å²) in [5, 5.41) is 12.3. The van der Waals surface area contributed by atoms with Crippen molar-refractivity contribution in [3.8, 4) is 11.3 Å². The average molecular weight is 721 g/mol. The van der Waals surface area contributed by atoms with Gasteiger partial charge in [-0.05, 0) is 65.6 Å². The van der Waals surface area contributed by atoms with E-state index in [1.807, 2.05) is 40.8 Å². The van der Waals surface area contributed by atoms with Crippen molar-refractivity contribution in [1.82, 2.24) is 4.98 Å². The topological polar surface area (TPSA) is 50.2 Å². The Morgan fingerprint density at radius 2 is 1.60 bits per heavy atom. The Kier molecular flexibility index (Phi) is 14.0. The van der Waals surface area contributed by atoms with Crippen LogP contribution < -0.4 is 0 Å². The van der Waals surface area contributed by atoms with Crippen LogP contribution >= 0.6 is 0 Å². The number of allylic oxidation sites excluding steroid dienone is 2. The molecule has 0 unspecified atom stereocenters. The van der Waals surface area contributed by atoms with Crippen LogP contribution in [0, 0.1) is 36.7 Å². The van der Waals surface area contributed by atoms with E-state index in [9.17, 15) is 9.90 Å². The van der Waals surface area contributed by atoms with Crippen molar-refractivity contribution in [3.63, 3.8) is 0 Å². The minimum atomic E-state index is -0.319. The van der Waals surface area contributed by atoms with Gasteiger partial charge in [0.2, 0.25) is 0 Å². The molecule has 0 amide bonds. The minimum Gasteiger partial charge on any atom is -0.512 e. The predicted molar refractivity (Wildman–Crippen MR) is 167 cm³/mol. The number of hydrogen-bond donors (Lipinski definition) is 1. The predicted octanol–water partition coefficient (Wildman–Crippen LogP) is 10.2. The molecule has 3 rings (SSSR count). The monoisotopic (exact) mass is 721 g/mol. The molecule has 3 aromatic rings. The van der Waals surface area contributed by atoms with E-state index >= 15 is 0 Å². The van der Waals surface area contributed by atoms with Crippen molar-refractivity contribution in [2.45, 2.75) is 101 Å². The van der Waals surface area contributed by atoms with Crippen molar-refractivity contribution in [2.75, 3.05) is 0 Å². The zero-order valence-corrected chi connectivity index (χ0v) is 28.8. The van der Waals surface area contributed by atoms with Gasteiger partial charge in [0.05, 0.1) is 5.76 Å². The second-order valence-corrected chi connectivity index (χ2v) is 12.4. The van der Waals surface area contributed by atoms with Gasteiger partial charge in [0.25, 0.3) is 0 Å². The van der Waals surface area contributed by atoms with E-state index < -0.39 is 0 Å². The molecule has 2 aromatic carbocycles. The first kappa shape index (κ1) is 35.7. The summed E-state index contributed by atoms with van der Waals surface area (Å²) in [4.78, 5) is 16.7. The molecule has 1 N–H and O–H groups in total. The number of fused-ring (bicyclic) bond motifs is 1. The molecule has 0 aliphatic heterocycles. The number of hydrogen-bond acceptors (Lipinski definition) is 3. The number of rotatable bonds is 9. The van der Waals surface area contributed by atoms with E-state index in [2.05, 4.69) is 82.1 Å². The van der Waals surface area contributed by atoms with Gasteiger partial charge in [-0.3, -0.25) is 4.79 Å². The quantitative estimate of drug-likeness (QED) is 0.136. The van der Waals surface area contributed by atoms with Gasteiger partial charge in [0.1, 0.15) is 0 Å². The fourth-order valence-electron chi connectivity index (χ4n) is 4.92. The number of aliphatic hydroxyl groups is 1. The van der Waals surface area contributed by atoms with Crippen LogP contribution in [0.2, 0.25) is 0 Å². The van der Waals surface area contributed by atoms with E-state index in [0.29, 0.717) is 5.41 Å². The molecule has 1 radical (unpaired) electrons. The second-order valence-electron chi connectivity index (χ2n) is 12.4. The number of ketones is 1. The molecule has 0 saturated carbocycles. The Morgan fingerprint density at radius 3 is 2.12 bits per heavy atom. The number of carbonyl (C=O) groups excluding carboxylic acids is 1. The van der Waals surface area contributed by atoms with Crippen molar-refractivity contribution >= 4 is 16.6 Å².